The Hall–Kier alpha value is -4.23. The molecule has 12 nitrogen and oxygen atoms in total. The minimum atomic E-state index is -1.45. The second kappa shape index (κ2) is 15.8. The highest BCUT2D eigenvalue weighted by molar-refractivity contribution is 7.99. The van der Waals surface area contributed by atoms with E-state index in [2.05, 4.69) is 21.3 Å². The van der Waals surface area contributed by atoms with Crippen LogP contribution in [0.3, 0.4) is 0 Å². The number of hydrogen-bond donors (Lipinski definition) is 6. The van der Waals surface area contributed by atoms with Crippen molar-refractivity contribution in [3.8, 4) is 0 Å². The molecule has 1 aromatic carbocycles. The van der Waals surface area contributed by atoms with Gasteiger partial charge in [-0.25, -0.2) is 4.79 Å². The number of benzene rings is 1. The fraction of sp³-hybridized carbons (Fsp3) is 0.514. The number of hydrogen-bond acceptors (Lipinski definition) is 8. The molecule has 50 heavy (non-hydrogen) atoms. The standard InChI is InChI=1S/C37H48N4O8S/c1-20(2)14-27(33(45)38-17-30(43)40-28(35(47)48)16-24-10-8-7-9-11-24)41-34(46)29(39-23(5)42)19-50-18-26-21(3)15-25-31(26)22(4)37(12-13-37)36(6,49)32(25)44/h7-11,15,20,27-29,49H,12-14,16-19H2,1-6H3,(H,38,45)(H,39,42)(H,40,43)(H,41,46)(H,47,48)/t27-,28-,29-,36-/m0/s1. The summed E-state index contributed by atoms with van der Waals surface area (Å²) in [6.07, 6.45) is 3.62. The van der Waals surface area contributed by atoms with E-state index in [1.165, 1.54) is 18.7 Å². The Bertz CT molecular complexity index is 1640. The van der Waals surface area contributed by atoms with Gasteiger partial charge >= 0.3 is 5.97 Å². The highest BCUT2D eigenvalue weighted by Gasteiger charge is 2.65. The van der Waals surface area contributed by atoms with Crippen molar-refractivity contribution < 1.29 is 39.0 Å². The molecule has 1 fully saturated rings. The lowest BCUT2D eigenvalue weighted by atomic mass is 9.67. The molecule has 0 unspecified atom stereocenters. The number of nitrogens with one attached hydrogen (secondary N) is 4. The predicted octanol–water partition coefficient (Wildman–Crippen LogP) is 2.37. The summed E-state index contributed by atoms with van der Waals surface area (Å²) in [6, 6.07) is 5.64. The molecule has 3 aliphatic rings. The fourth-order valence-corrected chi connectivity index (χ4v) is 8.03. The molecule has 0 aliphatic heterocycles. The minimum absolute atomic E-state index is 0.0139. The molecule has 4 rings (SSSR count). The van der Waals surface area contributed by atoms with Crippen molar-refractivity contribution >= 4 is 47.1 Å². The molecule has 1 saturated carbocycles. The van der Waals surface area contributed by atoms with Crippen LogP contribution in [0.25, 0.3) is 0 Å². The van der Waals surface area contributed by atoms with Crippen LogP contribution < -0.4 is 21.3 Å². The van der Waals surface area contributed by atoms with E-state index in [0.717, 1.165) is 40.7 Å². The summed E-state index contributed by atoms with van der Waals surface area (Å²) in [4.78, 5) is 76.5. The molecule has 4 amide bonds. The van der Waals surface area contributed by atoms with Crippen LogP contribution in [0.5, 0.6) is 0 Å². The van der Waals surface area contributed by atoms with Crippen molar-refractivity contribution in [1.82, 2.24) is 21.3 Å². The molecule has 0 saturated heterocycles. The van der Waals surface area contributed by atoms with E-state index in [0.29, 0.717) is 11.3 Å². The lowest BCUT2D eigenvalue weighted by Gasteiger charge is -2.39. The van der Waals surface area contributed by atoms with Gasteiger partial charge in [-0.15, -0.1) is 0 Å². The monoisotopic (exact) mass is 708 g/mol. The number of ketones is 1. The summed E-state index contributed by atoms with van der Waals surface area (Å²) < 4.78 is 0. The van der Waals surface area contributed by atoms with Crippen molar-refractivity contribution in [3.05, 3.63) is 69.8 Å². The van der Waals surface area contributed by atoms with Crippen LogP contribution in [0, 0.1) is 11.3 Å². The second-order valence-corrected chi connectivity index (χ2v) is 15.1. The number of allylic oxidation sites excluding steroid dienone is 3. The van der Waals surface area contributed by atoms with Gasteiger partial charge in [0.1, 0.15) is 23.7 Å². The van der Waals surface area contributed by atoms with E-state index in [-0.39, 0.29) is 30.3 Å². The molecule has 1 aromatic rings. The molecule has 0 aromatic heterocycles. The summed E-state index contributed by atoms with van der Waals surface area (Å²) in [7, 11) is 0. The fourth-order valence-electron chi connectivity index (χ4n) is 6.87. The van der Waals surface area contributed by atoms with Gasteiger partial charge in [0.15, 0.2) is 5.78 Å². The first-order chi connectivity index (χ1) is 23.5. The van der Waals surface area contributed by atoms with Gasteiger partial charge in [0.2, 0.25) is 23.6 Å². The molecule has 1 spiro atoms. The first-order valence-electron chi connectivity index (χ1n) is 16.9. The molecule has 0 heterocycles. The topological polar surface area (TPSA) is 191 Å². The van der Waals surface area contributed by atoms with Crippen molar-refractivity contribution in [2.45, 2.75) is 91.0 Å². The largest absolute Gasteiger partial charge is 0.480 e. The van der Waals surface area contributed by atoms with Crippen LogP contribution >= 0.6 is 11.8 Å². The van der Waals surface area contributed by atoms with Crippen LogP contribution in [0.15, 0.2) is 64.3 Å². The van der Waals surface area contributed by atoms with Crippen molar-refractivity contribution in [3.63, 3.8) is 0 Å². The number of carbonyl (C=O) groups excluding carboxylic acids is 5. The Morgan fingerprint density at radius 2 is 1.60 bits per heavy atom. The number of carboxylic acids is 1. The summed E-state index contributed by atoms with van der Waals surface area (Å²) >= 11 is 1.41. The average Bonchev–Trinajstić information content (AvgIpc) is 3.80. The second-order valence-electron chi connectivity index (χ2n) is 14.0. The lowest BCUT2D eigenvalue weighted by molar-refractivity contribution is -0.141. The van der Waals surface area contributed by atoms with E-state index in [9.17, 15) is 39.0 Å². The van der Waals surface area contributed by atoms with Gasteiger partial charge in [0, 0.05) is 35.8 Å². The number of aliphatic carboxylic acids is 1. The Morgan fingerprint density at radius 3 is 2.18 bits per heavy atom. The maximum atomic E-state index is 13.5. The van der Waals surface area contributed by atoms with Gasteiger partial charge in [0.05, 0.1) is 6.54 Å². The number of rotatable bonds is 16. The van der Waals surface area contributed by atoms with Gasteiger partial charge in [-0.05, 0) is 74.3 Å². The number of carbonyl (C=O) groups is 6. The highest BCUT2D eigenvalue weighted by atomic mass is 32.2. The summed E-state index contributed by atoms with van der Waals surface area (Å²) in [6.45, 7) is 10.1. The minimum Gasteiger partial charge on any atom is -0.480 e. The Kier molecular flexibility index (Phi) is 12.2. The number of fused-ring (bicyclic) bond motifs is 1. The number of amides is 4. The first kappa shape index (κ1) is 38.6. The number of thioether (sulfide) groups is 1. The quantitative estimate of drug-likeness (QED) is 0.150. The van der Waals surface area contributed by atoms with Gasteiger partial charge in [-0.2, -0.15) is 11.8 Å². The van der Waals surface area contributed by atoms with Crippen LogP contribution in [0.2, 0.25) is 0 Å². The van der Waals surface area contributed by atoms with Crippen LogP contribution in [-0.2, 0) is 35.2 Å². The van der Waals surface area contributed by atoms with Crippen LogP contribution in [-0.4, -0.2) is 87.4 Å². The number of carboxylic acid groups (broad SMARTS) is 1. The molecule has 13 heteroatoms. The van der Waals surface area contributed by atoms with Crippen LogP contribution in [0.1, 0.15) is 66.4 Å². The van der Waals surface area contributed by atoms with Gasteiger partial charge in [-0.1, -0.05) is 49.8 Å². The zero-order valence-electron chi connectivity index (χ0n) is 29.5. The zero-order valence-corrected chi connectivity index (χ0v) is 30.3. The summed E-state index contributed by atoms with van der Waals surface area (Å²) in [5.41, 5.74) is 2.99. The zero-order chi connectivity index (χ0) is 37.0. The summed E-state index contributed by atoms with van der Waals surface area (Å²) in [5, 5.41) is 31.1. The van der Waals surface area contributed by atoms with Gasteiger partial charge < -0.3 is 31.5 Å². The summed E-state index contributed by atoms with van der Waals surface area (Å²) in [5.74, 6) is -3.17. The Labute approximate surface area is 297 Å². The maximum absolute atomic E-state index is 13.5. The molecule has 270 valence electrons. The van der Waals surface area contributed by atoms with E-state index in [1.807, 2.05) is 33.8 Å². The number of aliphatic hydroxyl groups is 1. The molecule has 3 aliphatic carbocycles. The predicted molar refractivity (Wildman–Crippen MR) is 190 cm³/mol. The molecule has 4 atom stereocenters. The molecular weight excluding hydrogens is 660 g/mol. The Morgan fingerprint density at radius 1 is 0.940 bits per heavy atom. The SMILES string of the molecule is CC(=O)N[C@@H](CSCC1=C(C)C=C2C(=O)[C@](C)(O)C3(CC3)C(C)=C21)C(=O)N[C@@H](CC(C)C)C(=O)NCC(=O)N[C@@H](Cc1ccccc1)C(=O)O. The highest BCUT2D eigenvalue weighted by Crippen LogP contribution is 2.65. The normalized spacial score (nSPS) is 20.9. The first-order valence-corrected chi connectivity index (χ1v) is 18.0. The van der Waals surface area contributed by atoms with Crippen molar-refractivity contribution in [1.29, 1.82) is 0 Å². The van der Waals surface area contributed by atoms with Gasteiger partial charge in [0.25, 0.3) is 0 Å². The lowest BCUT2D eigenvalue weighted by Crippen LogP contribution is -2.55. The average molecular weight is 709 g/mol. The third-order valence-electron chi connectivity index (χ3n) is 9.77. The smallest absolute Gasteiger partial charge is 0.326 e. The molecular formula is C37H48N4O8S. The van der Waals surface area contributed by atoms with E-state index in [1.54, 1.807) is 37.3 Å². The molecule has 0 bridgehead atoms. The third-order valence-corrected chi connectivity index (χ3v) is 10.8. The molecule has 6 N–H and O–H groups in total. The van der Waals surface area contributed by atoms with E-state index >= 15 is 0 Å². The Balaban J connectivity index is 1.37. The van der Waals surface area contributed by atoms with Crippen molar-refractivity contribution in [2.24, 2.45) is 11.3 Å². The van der Waals surface area contributed by atoms with E-state index in [4.69, 9.17) is 0 Å². The molecule has 0 radical (unpaired) electrons. The van der Waals surface area contributed by atoms with Gasteiger partial charge in [-0.3, -0.25) is 24.0 Å². The van der Waals surface area contributed by atoms with Crippen molar-refractivity contribution in [2.75, 3.05) is 18.1 Å². The van der Waals surface area contributed by atoms with Crippen LogP contribution in [0.4, 0.5) is 0 Å². The third kappa shape index (κ3) is 8.55. The number of Topliss-reactive ketones (excluding diaryl/α,β-unsaturated/α-hetero) is 1. The maximum Gasteiger partial charge on any atom is 0.326 e. The van der Waals surface area contributed by atoms with E-state index < -0.39 is 65.3 Å².